The molecule has 1 heterocycles. The molecule has 0 atom stereocenters. The maximum Gasteiger partial charge on any atom is 0.414 e. The van der Waals surface area contributed by atoms with E-state index in [1.54, 1.807) is 4.90 Å². The predicted octanol–water partition coefficient (Wildman–Crippen LogP) is 8.54. The standard InChI is InChI=1S/C46H48N4O2/c1-47(2)41-25-21-37(22-26-41)43(35-15-9-7-10-16-35)30-39-19-20-40(45(39)50(6)46(51)52-33-34-14-13-29-49(5)32-34)31-44(36-17-11-8-12-18-36)38-23-27-42(28-24-38)48(3)4/h7-18,21-32H,19-20,33H2,1-6H3/q+2. The SMILES string of the molecule is CN(C(=O)OCc1ccc[n+](C)c1)C1=C(/C=C(\c2ccccc2)c2ccc(N(C)C)cc2)CC/C1=C\C(=C1C=CC(=[N+](C)C)C=C1)c1ccccc1. The van der Waals surface area contributed by atoms with E-state index in [-0.39, 0.29) is 6.61 Å². The van der Waals surface area contributed by atoms with Crippen LogP contribution >= 0.6 is 0 Å². The van der Waals surface area contributed by atoms with Gasteiger partial charge in [-0.05, 0) is 99.9 Å². The molecule has 262 valence electrons. The zero-order chi connectivity index (χ0) is 36.6. The number of hydrogen-bond donors (Lipinski definition) is 0. The van der Waals surface area contributed by atoms with Gasteiger partial charge in [0, 0.05) is 45.0 Å². The average Bonchev–Trinajstić information content (AvgIpc) is 3.57. The fourth-order valence-corrected chi connectivity index (χ4v) is 6.62. The summed E-state index contributed by atoms with van der Waals surface area (Å²) in [5.74, 6) is 0. The molecule has 1 aromatic heterocycles. The van der Waals surface area contributed by atoms with Gasteiger partial charge in [0.05, 0.1) is 11.3 Å². The predicted molar refractivity (Wildman–Crippen MR) is 213 cm³/mol. The Bertz CT molecular complexity index is 2130. The Hall–Kier alpha value is -6.01. The summed E-state index contributed by atoms with van der Waals surface area (Å²) in [6, 6.07) is 33.5. The summed E-state index contributed by atoms with van der Waals surface area (Å²) in [5, 5.41) is 0. The summed E-state index contributed by atoms with van der Waals surface area (Å²) in [5.41, 5.74) is 12.9. The van der Waals surface area contributed by atoms with Crippen molar-refractivity contribution in [1.29, 1.82) is 0 Å². The molecule has 0 fully saturated rings. The van der Waals surface area contributed by atoms with Gasteiger partial charge in [0.1, 0.15) is 27.7 Å². The van der Waals surface area contributed by atoms with Crippen LogP contribution in [0.5, 0.6) is 0 Å². The second-order valence-electron chi connectivity index (χ2n) is 13.6. The van der Waals surface area contributed by atoms with Gasteiger partial charge in [0.25, 0.3) is 0 Å². The molecule has 0 bridgehead atoms. The molecule has 52 heavy (non-hydrogen) atoms. The van der Waals surface area contributed by atoms with Crippen molar-refractivity contribution in [3.8, 4) is 0 Å². The molecule has 6 nitrogen and oxygen atoms in total. The molecule has 0 spiro atoms. The van der Waals surface area contributed by atoms with Crippen molar-refractivity contribution in [1.82, 2.24) is 4.90 Å². The minimum absolute atomic E-state index is 0.183. The van der Waals surface area contributed by atoms with E-state index in [0.29, 0.717) is 0 Å². The molecule has 6 rings (SSSR count). The lowest BCUT2D eigenvalue weighted by Crippen LogP contribution is -2.29. The third kappa shape index (κ3) is 8.47. The highest BCUT2D eigenvalue weighted by atomic mass is 16.6. The number of carbonyl (C=O) groups is 1. The Morgan fingerprint density at radius 1 is 0.788 bits per heavy atom. The van der Waals surface area contributed by atoms with Crippen LogP contribution in [0.15, 0.2) is 168 Å². The Morgan fingerprint density at radius 3 is 2.04 bits per heavy atom. The third-order valence-corrected chi connectivity index (χ3v) is 9.44. The van der Waals surface area contributed by atoms with Gasteiger partial charge in [0.15, 0.2) is 18.1 Å². The minimum atomic E-state index is -0.395. The monoisotopic (exact) mass is 688 g/mol. The molecule has 0 radical (unpaired) electrons. The first-order valence-corrected chi connectivity index (χ1v) is 17.7. The normalized spacial score (nSPS) is 15.0. The zero-order valence-corrected chi connectivity index (χ0v) is 31.1. The zero-order valence-electron chi connectivity index (χ0n) is 31.1. The number of pyridine rings is 1. The second kappa shape index (κ2) is 16.3. The molecule has 0 N–H and O–H groups in total. The lowest BCUT2D eigenvalue weighted by molar-refractivity contribution is -0.672. The van der Waals surface area contributed by atoms with E-state index in [9.17, 15) is 4.79 Å². The first-order valence-electron chi connectivity index (χ1n) is 17.7. The van der Waals surface area contributed by atoms with Crippen LogP contribution in [0.4, 0.5) is 10.5 Å². The number of aromatic nitrogens is 1. The molecule has 4 aromatic rings. The van der Waals surface area contributed by atoms with Gasteiger partial charge in [-0.25, -0.2) is 13.9 Å². The summed E-state index contributed by atoms with van der Waals surface area (Å²) in [6.45, 7) is 0.183. The van der Waals surface area contributed by atoms with Crippen LogP contribution in [0.3, 0.4) is 0 Å². The maximum atomic E-state index is 13.9. The average molecular weight is 689 g/mol. The van der Waals surface area contributed by atoms with Gasteiger partial charge < -0.3 is 9.64 Å². The van der Waals surface area contributed by atoms with E-state index in [1.807, 2.05) is 55.3 Å². The molecule has 2 aliphatic rings. The molecule has 3 aromatic carbocycles. The van der Waals surface area contributed by atoms with Crippen LogP contribution in [0, 0.1) is 0 Å². The first-order chi connectivity index (χ1) is 25.2. The number of rotatable bonds is 9. The van der Waals surface area contributed by atoms with Gasteiger partial charge in [-0.15, -0.1) is 0 Å². The quantitative estimate of drug-likeness (QED) is 0.166. The van der Waals surface area contributed by atoms with Crippen LogP contribution in [-0.4, -0.2) is 56.5 Å². The molecule has 0 saturated heterocycles. The van der Waals surface area contributed by atoms with Crippen LogP contribution in [0.2, 0.25) is 0 Å². The number of nitrogens with zero attached hydrogens (tertiary/aromatic N) is 4. The Kier molecular flexibility index (Phi) is 11.3. The van der Waals surface area contributed by atoms with Crippen LogP contribution in [0.1, 0.15) is 35.1 Å². The lowest BCUT2D eigenvalue weighted by atomic mass is 9.93. The van der Waals surface area contributed by atoms with Crippen molar-refractivity contribution in [2.24, 2.45) is 7.05 Å². The minimum Gasteiger partial charge on any atom is -0.444 e. The topological polar surface area (TPSA) is 39.7 Å². The fourth-order valence-electron chi connectivity index (χ4n) is 6.62. The number of ether oxygens (including phenoxy) is 1. The Balaban J connectivity index is 1.50. The summed E-state index contributed by atoms with van der Waals surface area (Å²) in [7, 11) is 12.0. The fraction of sp³-hybridized carbons (Fsp3) is 0.196. The van der Waals surface area contributed by atoms with Crippen molar-refractivity contribution in [3.63, 3.8) is 0 Å². The number of carbonyl (C=O) groups excluding carboxylic acids is 1. The van der Waals surface area contributed by atoms with Crippen LogP contribution in [0.25, 0.3) is 11.1 Å². The maximum absolute atomic E-state index is 13.9. The summed E-state index contributed by atoms with van der Waals surface area (Å²) in [6.07, 6.45) is 18.3. The van der Waals surface area contributed by atoms with Gasteiger partial charge in [-0.1, -0.05) is 72.8 Å². The number of anilines is 1. The number of likely N-dealkylation sites (N-methyl/N-ethyl adjacent to an activating group) is 1. The van der Waals surface area contributed by atoms with E-state index in [0.717, 1.165) is 80.1 Å². The largest absolute Gasteiger partial charge is 0.444 e. The molecular formula is C46H48N4O2+2. The molecule has 6 heteroatoms. The van der Waals surface area contributed by atoms with E-state index < -0.39 is 6.09 Å². The summed E-state index contributed by atoms with van der Waals surface area (Å²) >= 11 is 0. The second-order valence-corrected chi connectivity index (χ2v) is 13.6. The van der Waals surface area contributed by atoms with Crippen molar-refractivity contribution in [2.45, 2.75) is 19.4 Å². The number of aryl methyl sites for hydroxylation is 1. The van der Waals surface area contributed by atoms with E-state index in [2.05, 4.69) is 147 Å². The molecule has 2 aliphatic carbocycles. The third-order valence-electron chi connectivity index (χ3n) is 9.44. The van der Waals surface area contributed by atoms with Gasteiger partial charge in [-0.3, -0.25) is 4.90 Å². The van der Waals surface area contributed by atoms with Gasteiger partial charge in [0.2, 0.25) is 0 Å². The smallest absolute Gasteiger partial charge is 0.414 e. The van der Waals surface area contributed by atoms with E-state index >= 15 is 0 Å². The van der Waals surface area contributed by atoms with E-state index in [1.165, 1.54) is 0 Å². The van der Waals surface area contributed by atoms with Crippen molar-refractivity contribution in [3.05, 3.63) is 191 Å². The molecule has 0 saturated carbocycles. The highest BCUT2D eigenvalue weighted by Crippen LogP contribution is 2.40. The summed E-state index contributed by atoms with van der Waals surface area (Å²) < 4.78 is 10.0. The summed E-state index contributed by atoms with van der Waals surface area (Å²) in [4.78, 5) is 17.7. The van der Waals surface area contributed by atoms with Gasteiger partial charge >= 0.3 is 6.09 Å². The van der Waals surface area contributed by atoms with Crippen molar-refractivity contribution < 1.29 is 18.7 Å². The molecule has 0 aliphatic heterocycles. The molecular weight excluding hydrogens is 641 g/mol. The van der Waals surface area contributed by atoms with Crippen LogP contribution < -0.4 is 9.47 Å². The molecule has 1 amide bonds. The van der Waals surface area contributed by atoms with Crippen molar-refractivity contribution in [2.75, 3.05) is 40.1 Å². The number of amides is 1. The number of benzene rings is 3. The highest BCUT2D eigenvalue weighted by Gasteiger charge is 2.28. The van der Waals surface area contributed by atoms with Gasteiger partial charge in [-0.2, -0.15) is 0 Å². The molecule has 0 unspecified atom stereocenters. The van der Waals surface area contributed by atoms with Crippen molar-refractivity contribution >= 4 is 28.6 Å². The van der Waals surface area contributed by atoms with E-state index in [4.69, 9.17) is 4.74 Å². The Morgan fingerprint density at radius 2 is 1.42 bits per heavy atom. The highest BCUT2D eigenvalue weighted by molar-refractivity contribution is 6.03. The first kappa shape index (κ1) is 35.8. The van der Waals surface area contributed by atoms with Crippen LogP contribution in [-0.2, 0) is 18.4 Å². The lowest BCUT2D eigenvalue weighted by Gasteiger charge is -2.22. The number of allylic oxidation sites excluding steroid dienone is 10. The Labute approximate surface area is 308 Å². The number of hydrogen-bond acceptors (Lipinski definition) is 3.